The minimum Gasteiger partial charge on any atom is -0.444 e. The Labute approximate surface area is 128 Å². The molecule has 1 aromatic heterocycles. The molecule has 120 valence electrons. The number of ether oxygens (including phenoxy) is 1. The van der Waals surface area contributed by atoms with Gasteiger partial charge in [0.2, 0.25) is 0 Å². The van der Waals surface area contributed by atoms with Crippen LogP contribution in [0.2, 0.25) is 0 Å². The number of imidazole rings is 1. The van der Waals surface area contributed by atoms with Crippen molar-refractivity contribution in [3.8, 4) is 0 Å². The zero-order valence-corrected chi connectivity index (χ0v) is 14.3. The van der Waals surface area contributed by atoms with E-state index >= 15 is 0 Å². The van der Waals surface area contributed by atoms with Gasteiger partial charge in [0.25, 0.3) is 0 Å². The molecule has 21 heavy (non-hydrogen) atoms. The van der Waals surface area contributed by atoms with Gasteiger partial charge in [0.1, 0.15) is 5.60 Å². The molecule has 1 heterocycles. The number of aromatic nitrogens is 2. The molecule has 0 aliphatic carbocycles. The second-order valence-electron chi connectivity index (χ2n) is 6.81. The third kappa shape index (κ3) is 5.06. The first-order chi connectivity index (χ1) is 9.65. The highest BCUT2D eigenvalue weighted by molar-refractivity contribution is 5.68. The highest BCUT2D eigenvalue weighted by Crippen LogP contribution is 2.25. The Bertz CT molecular complexity index is 460. The van der Waals surface area contributed by atoms with Crippen LogP contribution in [-0.2, 0) is 4.74 Å². The normalized spacial score (nSPS) is 14.9. The van der Waals surface area contributed by atoms with E-state index in [1.54, 1.807) is 0 Å². The highest BCUT2D eigenvalue weighted by Gasteiger charge is 2.22. The zero-order valence-electron chi connectivity index (χ0n) is 14.3. The maximum atomic E-state index is 11.9. The van der Waals surface area contributed by atoms with Crippen LogP contribution in [0.5, 0.6) is 0 Å². The molecule has 0 spiro atoms. The Morgan fingerprint density at radius 1 is 1.38 bits per heavy atom. The monoisotopic (exact) mass is 295 g/mol. The van der Waals surface area contributed by atoms with Crippen LogP contribution in [0.3, 0.4) is 0 Å². The number of hydrogen-bond acceptors (Lipinski definition) is 3. The van der Waals surface area contributed by atoms with Crippen molar-refractivity contribution in [3.05, 3.63) is 18.2 Å². The molecule has 2 atom stereocenters. The SMILES string of the molecule is CCC(C(C)C)n1cncc1[C@@H](C)NC(=O)OC(C)(C)C. The summed E-state index contributed by atoms with van der Waals surface area (Å²) >= 11 is 0. The summed E-state index contributed by atoms with van der Waals surface area (Å²) in [4.78, 5) is 16.1. The molecule has 1 unspecified atom stereocenters. The lowest BCUT2D eigenvalue weighted by atomic mass is 10.0. The van der Waals surface area contributed by atoms with Crippen LogP contribution in [0.1, 0.15) is 72.7 Å². The molecule has 0 aromatic carbocycles. The smallest absolute Gasteiger partial charge is 0.408 e. The van der Waals surface area contributed by atoms with E-state index in [1.165, 1.54) is 0 Å². The summed E-state index contributed by atoms with van der Waals surface area (Å²) < 4.78 is 7.46. The van der Waals surface area contributed by atoms with E-state index in [2.05, 4.69) is 35.6 Å². The third-order valence-corrected chi connectivity index (χ3v) is 3.42. The Morgan fingerprint density at radius 3 is 2.48 bits per heavy atom. The largest absolute Gasteiger partial charge is 0.444 e. The summed E-state index contributed by atoms with van der Waals surface area (Å²) in [6.45, 7) is 14.1. The zero-order chi connectivity index (χ0) is 16.2. The number of rotatable bonds is 5. The van der Waals surface area contributed by atoms with Gasteiger partial charge in [-0.2, -0.15) is 0 Å². The second-order valence-corrected chi connectivity index (χ2v) is 6.81. The molecule has 0 fully saturated rings. The fraction of sp³-hybridized carbons (Fsp3) is 0.750. The number of alkyl carbamates (subject to hydrolysis) is 1. The molecule has 5 nitrogen and oxygen atoms in total. The van der Waals surface area contributed by atoms with Crippen molar-refractivity contribution in [2.24, 2.45) is 5.92 Å². The molecular formula is C16H29N3O2. The number of carbonyl (C=O) groups excluding carboxylic acids is 1. The van der Waals surface area contributed by atoms with Gasteiger partial charge in [0.15, 0.2) is 0 Å². The summed E-state index contributed by atoms with van der Waals surface area (Å²) in [5, 5.41) is 2.88. The molecule has 0 bridgehead atoms. The van der Waals surface area contributed by atoms with Crippen molar-refractivity contribution >= 4 is 6.09 Å². The van der Waals surface area contributed by atoms with Crippen LogP contribution < -0.4 is 5.32 Å². The number of amides is 1. The number of nitrogens with zero attached hydrogens (tertiary/aromatic N) is 2. The number of nitrogens with one attached hydrogen (secondary N) is 1. The van der Waals surface area contributed by atoms with Crippen LogP contribution in [-0.4, -0.2) is 21.2 Å². The fourth-order valence-electron chi connectivity index (χ4n) is 2.47. The van der Waals surface area contributed by atoms with Crippen molar-refractivity contribution < 1.29 is 9.53 Å². The maximum absolute atomic E-state index is 11.9. The van der Waals surface area contributed by atoms with E-state index < -0.39 is 11.7 Å². The molecule has 0 aliphatic heterocycles. The van der Waals surface area contributed by atoms with Crippen molar-refractivity contribution in [3.63, 3.8) is 0 Å². The van der Waals surface area contributed by atoms with Crippen LogP contribution in [0, 0.1) is 5.92 Å². The van der Waals surface area contributed by atoms with Crippen LogP contribution in [0.25, 0.3) is 0 Å². The fourth-order valence-corrected chi connectivity index (χ4v) is 2.47. The maximum Gasteiger partial charge on any atom is 0.408 e. The molecule has 1 amide bonds. The van der Waals surface area contributed by atoms with E-state index in [1.807, 2.05) is 40.2 Å². The van der Waals surface area contributed by atoms with E-state index in [0.717, 1.165) is 12.1 Å². The van der Waals surface area contributed by atoms with Crippen molar-refractivity contribution in [2.45, 2.75) is 72.6 Å². The lowest BCUT2D eigenvalue weighted by Gasteiger charge is -2.26. The van der Waals surface area contributed by atoms with Gasteiger partial charge in [-0.05, 0) is 40.0 Å². The van der Waals surface area contributed by atoms with Crippen molar-refractivity contribution in [1.82, 2.24) is 14.9 Å². The average Bonchev–Trinajstić information content (AvgIpc) is 2.75. The van der Waals surface area contributed by atoms with E-state index in [-0.39, 0.29) is 6.04 Å². The van der Waals surface area contributed by atoms with Gasteiger partial charge >= 0.3 is 6.09 Å². The predicted octanol–water partition coefficient (Wildman–Crippen LogP) is 4.08. The highest BCUT2D eigenvalue weighted by atomic mass is 16.6. The predicted molar refractivity (Wildman–Crippen MR) is 84.2 cm³/mol. The Balaban J connectivity index is 2.82. The number of carbonyl (C=O) groups is 1. The third-order valence-electron chi connectivity index (χ3n) is 3.42. The topological polar surface area (TPSA) is 56.2 Å². The summed E-state index contributed by atoms with van der Waals surface area (Å²) in [6, 6.07) is 0.237. The van der Waals surface area contributed by atoms with Gasteiger partial charge in [-0.25, -0.2) is 9.78 Å². The van der Waals surface area contributed by atoms with E-state index in [9.17, 15) is 4.79 Å². The van der Waals surface area contributed by atoms with Gasteiger partial charge in [0.05, 0.1) is 24.3 Å². The molecule has 1 N–H and O–H groups in total. The molecule has 0 saturated carbocycles. The van der Waals surface area contributed by atoms with Gasteiger partial charge in [-0.3, -0.25) is 0 Å². The molecule has 0 radical (unpaired) electrons. The Morgan fingerprint density at radius 2 is 2.00 bits per heavy atom. The first-order valence-electron chi connectivity index (χ1n) is 7.67. The Hall–Kier alpha value is -1.52. The Kier molecular flexibility index (Phi) is 5.81. The standard InChI is InChI=1S/C16H29N3O2/c1-8-13(11(2)3)19-10-17-9-14(19)12(4)18-15(20)21-16(5,6)7/h9-13H,8H2,1-7H3,(H,18,20)/t12-,13?/m1/s1. The first-order valence-corrected chi connectivity index (χ1v) is 7.67. The van der Waals surface area contributed by atoms with E-state index in [0.29, 0.717) is 12.0 Å². The van der Waals surface area contributed by atoms with Crippen molar-refractivity contribution in [2.75, 3.05) is 0 Å². The number of hydrogen-bond donors (Lipinski definition) is 1. The summed E-state index contributed by atoms with van der Waals surface area (Å²) in [5.41, 5.74) is 0.509. The minimum absolute atomic E-state index is 0.143. The van der Waals surface area contributed by atoms with Crippen LogP contribution >= 0.6 is 0 Å². The molecule has 5 heteroatoms. The van der Waals surface area contributed by atoms with Crippen molar-refractivity contribution in [1.29, 1.82) is 0 Å². The quantitative estimate of drug-likeness (QED) is 0.890. The van der Waals surface area contributed by atoms with Crippen LogP contribution in [0.4, 0.5) is 4.79 Å². The van der Waals surface area contributed by atoms with Gasteiger partial charge < -0.3 is 14.6 Å². The molecule has 0 saturated heterocycles. The van der Waals surface area contributed by atoms with Gasteiger partial charge in [-0.15, -0.1) is 0 Å². The molecule has 0 aliphatic rings. The van der Waals surface area contributed by atoms with Gasteiger partial charge in [0, 0.05) is 6.04 Å². The summed E-state index contributed by atoms with van der Waals surface area (Å²) in [5.74, 6) is 0.511. The lowest BCUT2D eigenvalue weighted by Crippen LogP contribution is -2.35. The average molecular weight is 295 g/mol. The van der Waals surface area contributed by atoms with Gasteiger partial charge in [-0.1, -0.05) is 20.8 Å². The minimum atomic E-state index is -0.492. The van der Waals surface area contributed by atoms with E-state index in [4.69, 9.17) is 4.74 Å². The molecular weight excluding hydrogens is 266 g/mol. The molecule has 1 aromatic rings. The molecule has 1 rings (SSSR count). The van der Waals surface area contributed by atoms with Crippen LogP contribution in [0.15, 0.2) is 12.5 Å². The lowest BCUT2D eigenvalue weighted by molar-refractivity contribution is 0.0505. The summed E-state index contributed by atoms with van der Waals surface area (Å²) in [6.07, 6.45) is 4.28. The summed E-state index contributed by atoms with van der Waals surface area (Å²) in [7, 11) is 0. The first kappa shape index (κ1) is 17.5. The second kappa shape index (κ2) is 6.96.